The van der Waals surface area contributed by atoms with E-state index in [-0.39, 0.29) is 36.7 Å². The van der Waals surface area contributed by atoms with E-state index in [1.54, 1.807) is 0 Å². The molecule has 5 aromatic carbocycles. The molecule has 0 saturated heterocycles. The van der Waals surface area contributed by atoms with Crippen molar-refractivity contribution in [1.82, 2.24) is 9.97 Å². The summed E-state index contributed by atoms with van der Waals surface area (Å²) in [5.41, 5.74) is -4.59. The van der Waals surface area contributed by atoms with Crippen LogP contribution in [0.1, 0.15) is 27.4 Å². The Morgan fingerprint density at radius 2 is 1.29 bits per heavy atom. The number of fused-ring (bicyclic) bond motifs is 6. The zero-order chi connectivity index (χ0) is 42.5. The van der Waals surface area contributed by atoms with E-state index in [0.29, 0.717) is 11.3 Å². The first-order valence-corrected chi connectivity index (χ1v) is 11.8. The predicted octanol–water partition coefficient (Wildman–Crippen LogP) is 9.74. The molecule has 178 valence electrons. The fourth-order valence-corrected chi connectivity index (χ4v) is 5.18. The summed E-state index contributed by atoms with van der Waals surface area (Å²) in [7, 11) is 0. The molecule has 8 rings (SSSR count). The maximum absolute atomic E-state index is 9.43. The molecule has 8 aromatic rings. The Morgan fingerprint density at radius 3 is 2.18 bits per heavy atom. The minimum Gasteiger partial charge on any atom is -0.452 e. The average Bonchev–Trinajstić information content (AvgIpc) is 3.78. The molecule has 0 N–H and O–H groups in total. The van der Waals surface area contributed by atoms with Gasteiger partial charge in [0.05, 0.1) is 26.0 Å². The molecular weight excluding hydrogens is 484 g/mol. The van der Waals surface area contributed by atoms with Crippen molar-refractivity contribution >= 4 is 53.6 Å². The van der Waals surface area contributed by atoms with Gasteiger partial charge in [-0.1, -0.05) is 84.6 Å². The van der Waals surface area contributed by atoms with E-state index in [4.69, 9.17) is 29.1 Å². The fourth-order valence-electron chi connectivity index (χ4n) is 4.11. The van der Waals surface area contributed by atoms with Crippen LogP contribution >= 0.6 is 11.3 Å². The van der Waals surface area contributed by atoms with E-state index in [2.05, 4.69) is 9.97 Å². The maximum atomic E-state index is 9.43. The molecule has 0 radical (unpaired) electrons. The summed E-state index contributed by atoms with van der Waals surface area (Å²) in [4.78, 5) is 8.02. The molecule has 0 aliphatic rings. The van der Waals surface area contributed by atoms with E-state index >= 15 is 0 Å². The van der Waals surface area contributed by atoms with E-state index in [0.717, 1.165) is 0 Å². The van der Waals surface area contributed by atoms with Gasteiger partial charge in [0.2, 0.25) is 0 Å². The third kappa shape index (κ3) is 3.28. The Labute approximate surface area is 250 Å². The van der Waals surface area contributed by atoms with Crippen LogP contribution in [-0.2, 0) is 0 Å². The van der Waals surface area contributed by atoms with Crippen LogP contribution in [0.25, 0.3) is 75.8 Å². The number of thiophene rings is 1. The topological polar surface area (TPSA) is 38.9 Å². The zero-order valence-electron chi connectivity index (χ0n) is 38.7. The van der Waals surface area contributed by atoms with Crippen LogP contribution in [0, 0.1) is 0 Å². The van der Waals surface area contributed by atoms with E-state index in [1.807, 2.05) is 0 Å². The van der Waals surface area contributed by atoms with Gasteiger partial charge in [0.1, 0.15) is 24.5 Å². The van der Waals surface area contributed by atoms with Crippen molar-refractivity contribution in [3.8, 4) is 33.5 Å². The van der Waals surface area contributed by atoms with Crippen molar-refractivity contribution in [2.24, 2.45) is 0 Å². The lowest BCUT2D eigenvalue weighted by Gasteiger charge is -2.09. The van der Waals surface area contributed by atoms with E-state index in [9.17, 15) is 2.74 Å². The minimum absolute atomic E-state index is 0.0536. The molecule has 0 amide bonds. The van der Waals surface area contributed by atoms with Crippen molar-refractivity contribution < 1.29 is 31.8 Å². The highest BCUT2D eigenvalue weighted by Gasteiger charge is 2.15. The number of nitrogens with zero attached hydrogens (tertiary/aromatic N) is 2. The number of hydrogen-bond donors (Lipinski definition) is 0. The highest BCUT2D eigenvalue weighted by molar-refractivity contribution is 7.26. The highest BCUT2D eigenvalue weighted by Crippen LogP contribution is 2.41. The van der Waals surface area contributed by atoms with Gasteiger partial charge in [-0.15, -0.1) is 11.3 Å². The number of furan rings is 1. The van der Waals surface area contributed by atoms with Crippen LogP contribution in [0.5, 0.6) is 0 Å². The smallest absolute Gasteiger partial charge is 0.180 e. The summed E-state index contributed by atoms with van der Waals surface area (Å²) in [5.74, 6) is 0. The molecule has 4 heteroatoms. The lowest BCUT2D eigenvalue weighted by molar-refractivity contribution is 0.667. The van der Waals surface area contributed by atoms with Crippen LogP contribution < -0.4 is 0 Å². The van der Waals surface area contributed by atoms with Gasteiger partial charge in [0.25, 0.3) is 0 Å². The van der Waals surface area contributed by atoms with Crippen LogP contribution in [0.4, 0.5) is 0 Å². The summed E-state index contributed by atoms with van der Waals surface area (Å²) < 4.78 is 179. The summed E-state index contributed by atoms with van der Waals surface area (Å²) in [6.07, 6.45) is -0.753. The van der Waals surface area contributed by atoms with Gasteiger partial charge >= 0.3 is 0 Å². The third-order valence-corrected chi connectivity index (χ3v) is 6.89. The van der Waals surface area contributed by atoms with Crippen LogP contribution in [0.15, 0.2) is 126 Å². The number of hydrogen-bond acceptors (Lipinski definition) is 4. The Bertz CT molecular complexity index is 3250. The van der Waals surface area contributed by atoms with Gasteiger partial charge in [-0.3, -0.25) is 0 Å². The predicted molar refractivity (Wildman–Crippen MR) is 159 cm³/mol. The second-order valence-electron chi connectivity index (χ2n) is 7.92. The summed E-state index contributed by atoms with van der Waals surface area (Å²) in [5, 5.41) is -0.574. The minimum atomic E-state index is -0.888. The monoisotopic (exact) mass is 524 g/mol. The van der Waals surface area contributed by atoms with E-state index in [1.165, 1.54) is 0 Å². The van der Waals surface area contributed by atoms with Gasteiger partial charge in [-0.05, 0) is 52.5 Å². The molecule has 0 fully saturated rings. The Morgan fingerprint density at radius 1 is 0.605 bits per heavy atom. The molecule has 3 nitrogen and oxygen atoms in total. The molecule has 3 aromatic heterocycles. The van der Waals surface area contributed by atoms with Crippen molar-refractivity contribution in [3.05, 3.63) is 121 Å². The number of para-hydroxylation sites is 1. The molecule has 3 heterocycles. The van der Waals surface area contributed by atoms with Crippen molar-refractivity contribution in [2.45, 2.75) is 0 Å². The van der Waals surface area contributed by atoms with Crippen LogP contribution in [-0.4, -0.2) is 9.97 Å². The number of benzene rings is 5. The second kappa shape index (κ2) is 8.37. The second-order valence-corrected chi connectivity index (χ2v) is 8.94. The average molecular weight is 525 g/mol. The largest absolute Gasteiger partial charge is 0.452 e. The van der Waals surface area contributed by atoms with Crippen molar-refractivity contribution in [2.75, 3.05) is 0 Å². The summed E-state index contributed by atoms with van der Waals surface area (Å²) in [6, 6.07) is -13.6. The highest BCUT2D eigenvalue weighted by atomic mass is 32.1. The van der Waals surface area contributed by atoms with Gasteiger partial charge in [-0.25, -0.2) is 9.97 Å². The molecule has 0 unspecified atom stereocenters. The third-order valence-electron chi connectivity index (χ3n) is 5.77. The molecule has 0 saturated carbocycles. The molecule has 0 spiro atoms. The van der Waals surface area contributed by atoms with Gasteiger partial charge in [0, 0.05) is 31.1 Å². The lowest BCUT2D eigenvalue weighted by Crippen LogP contribution is -1.88. The fraction of sp³-hybridized carbons (Fsp3) is 0. The normalized spacial score (nSPS) is 19.1. The molecule has 0 atom stereocenters. The molecular formula is C34H20N2OS. The van der Waals surface area contributed by atoms with Gasteiger partial charge < -0.3 is 4.42 Å². The molecule has 38 heavy (non-hydrogen) atoms. The standard InChI is InChI=1S/C34H20N2OS/c1-3-16-29-28(13-1)32-33(37-29)31(35-20-36-32)24-11-6-9-22(19-24)21-8-5-10-23(18-21)25-14-7-15-27-26-12-2-4-17-30(26)38-34(25)27/h1-20H/i1D,2D,3D,4D,5D,6D,7D,8D,9D,10D,11D,12D,13D,14D,15D,16D,17D,18D,19D,20D. The molecule has 0 bridgehead atoms. The zero-order valence-corrected chi connectivity index (χ0v) is 19.5. The van der Waals surface area contributed by atoms with Gasteiger partial charge in [0.15, 0.2) is 5.58 Å². The quantitative estimate of drug-likeness (QED) is 0.231. The van der Waals surface area contributed by atoms with Gasteiger partial charge in [-0.2, -0.15) is 0 Å². The first kappa shape index (κ1) is 9.50. The first-order chi connectivity index (χ1) is 27.1. The lowest BCUT2D eigenvalue weighted by atomic mass is 9.96. The van der Waals surface area contributed by atoms with Crippen LogP contribution in [0.3, 0.4) is 0 Å². The molecule has 0 aliphatic heterocycles. The Hall–Kier alpha value is -4.80. The Kier molecular flexibility index (Phi) is 2.09. The summed E-state index contributed by atoms with van der Waals surface area (Å²) in [6.45, 7) is 0. The Balaban J connectivity index is 1.51. The number of rotatable bonds is 3. The summed E-state index contributed by atoms with van der Waals surface area (Å²) >= 11 is 0.701. The number of aromatic nitrogens is 2. The van der Waals surface area contributed by atoms with E-state index < -0.39 is 160 Å². The van der Waals surface area contributed by atoms with Crippen LogP contribution in [0.2, 0.25) is 0 Å². The molecule has 0 aliphatic carbocycles. The maximum Gasteiger partial charge on any atom is 0.180 e. The van der Waals surface area contributed by atoms with Crippen molar-refractivity contribution in [1.29, 1.82) is 0 Å². The first-order valence-electron chi connectivity index (χ1n) is 21.0. The van der Waals surface area contributed by atoms with Crippen molar-refractivity contribution in [3.63, 3.8) is 0 Å². The SMILES string of the molecule is [2H]c1nc(-c2c([2H])c([2H])c([2H])c(-c3c([2H])c([2H])c([2H])c(-c4c([2H])c([2H])c([2H])c5c4sc4c([2H])c([2H])c([2H])c([2H])c45)c3[2H])c2[2H])c2oc3c([2H])c([2H])c([2H])c([2H])c3c2n1.